The van der Waals surface area contributed by atoms with Crippen molar-refractivity contribution in [2.24, 2.45) is 23.7 Å². The second kappa shape index (κ2) is 23.5. The molecule has 11 nitrogen and oxygen atoms in total. The number of esters is 1. The smallest absolute Gasteiger partial charge is 0.306 e. The SMILES string of the molecule is CCC(C)C(CC(=O)C1CCCCN1C)C(=O)N(Cc1ccccc1)[C@H](C[C@@H](OC(C)=O)c1nc(C(=O)N[C@@H](Cc2ccc(-c3ccccc3)cc2)C[C@H](C)C(=O)O)cs1)C(C)C. The number of aromatic nitrogens is 1. The highest BCUT2D eigenvalue weighted by Gasteiger charge is 2.39. The standard InChI is InChI=1S/C51H66N4O7S/c1-8-34(4)42(29-46(57)44-21-15-16-26-54(44)7)50(59)55(31-38-17-11-9-12-18-38)45(33(2)3)30-47(62-36(6)56)49-53-43(32-63-49)48(58)52-41(27-35(5)51(60)61)28-37-22-24-40(25-23-37)39-19-13-10-14-20-39/h9-14,17-20,22-25,32-35,41-42,44-45,47H,8,15-16,21,26-31H2,1-7H3,(H,52,58)(H,60,61)/t34?,35-,41+,42?,44?,45+,47+/m0/s1. The van der Waals surface area contributed by atoms with Crippen molar-refractivity contribution < 1.29 is 33.8 Å². The number of Topliss-reactive ketones (excluding diaryl/α,β-unsaturated/α-hetero) is 1. The Labute approximate surface area is 377 Å². The number of aliphatic carboxylic acids is 1. The number of benzene rings is 3. The summed E-state index contributed by atoms with van der Waals surface area (Å²) < 4.78 is 5.97. The third-order valence-corrected chi connectivity index (χ3v) is 13.5. The normalized spacial score (nSPS) is 17.2. The number of nitrogens with one attached hydrogen (secondary N) is 1. The van der Waals surface area contributed by atoms with Crippen molar-refractivity contribution in [2.75, 3.05) is 13.6 Å². The maximum Gasteiger partial charge on any atom is 0.306 e. The van der Waals surface area contributed by atoms with Gasteiger partial charge in [-0.15, -0.1) is 11.3 Å². The highest BCUT2D eigenvalue weighted by Crippen LogP contribution is 2.34. The van der Waals surface area contributed by atoms with E-state index in [1.54, 1.807) is 12.3 Å². The zero-order chi connectivity index (χ0) is 45.6. The van der Waals surface area contributed by atoms with E-state index in [0.29, 0.717) is 18.0 Å². The second-order valence-corrected chi connectivity index (χ2v) is 18.6. The van der Waals surface area contributed by atoms with Crippen LogP contribution < -0.4 is 5.32 Å². The molecule has 4 aromatic rings. The Kier molecular flexibility index (Phi) is 18.2. The Hall–Kier alpha value is -5.20. The number of carbonyl (C=O) groups is 5. The lowest BCUT2D eigenvalue weighted by Crippen LogP contribution is -2.49. The molecule has 7 atom stereocenters. The van der Waals surface area contributed by atoms with E-state index >= 15 is 4.79 Å². The number of carboxylic acid groups (broad SMARTS) is 1. The zero-order valence-corrected chi connectivity index (χ0v) is 38.8. The van der Waals surface area contributed by atoms with E-state index in [1.165, 1.54) is 18.3 Å². The molecule has 0 spiro atoms. The topological polar surface area (TPSA) is 146 Å². The van der Waals surface area contributed by atoms with E-state index in [1.807, 2.05) is 118 Å². The van der Waals surface area contributed by atoms with Gasteiger partial charge in [0.2, 0.25) is 5.91 Å². The number of amides is 2. The zero-order valence-electron chi connectivity index (χ0n) is 38.0. The fourth-order valence-corrected chi connectivity index (χ4v) is 9.49. The summed E-state index contributed by atoms with van der Waals surface area (Å²) in [6.45, 7) is 12.3. The van der Waals surface area contributed by atoms with Gasteiger partial charge in [-0.25, -0.2) is 4.98 Å². The predicted octanol–water partition coefficient (Wildman–Crippen LogP) is 9.42. The minimum absolute atomic E-state index is 0.0540. The van der Waals surface area contributed by atoms with Crippen LogP contribution in [0, 0.1) is 23.7 Å². The first-order valence-corrected chi connectivity index (χ1v) is 23.4. The first kappa shape index (κ1) is 48.8. The molecule has 2 N–H and O–H groups in total. The van der Waals surface area contributed by atoms with Crippen molar-refractivity contribution in [3.63, 3.8) is 0 Å². The first-order valence-electron chi connectivity index (χ1n) is 22.5. The summed E-state index contributed by atoms with van der Waals surface area (Å²) >= 11 is 1.20. The molecule has 0 saturated carbocycles. The Balaban J connectivity index is 1.40. The molecule has 1 fully saturated rings. The molecule has 0 radical (unpaired) electrons. The van der Waals surface area contributed by atoms with Crippen LogP contribution in [0.25, 0.3) is 11.1 Å². The number of thiazole rings is 1. The fourth-order valence-electron chi connectivity index (χ4n) is 8.65. The molecular weight excluding hydrogens is 813 g/mol. The number of likely N-dealkylation sites (N-methyl/N-ethyl adjacent to an activating group) is 1. The quantitative estimate of drug-likeness (QED) is 0.0738. The highest BCUT2D eigenvalue weighted by molar-refractivity contribution is 7.09. The molecule has 3 unspecified atom stereocenters. The lowest BCUT2D eigenvalue weighted by molar-refractivity contribution is -0.150. The molecule has 1 saturated heterocycles. The maximum atomic E-state index is 15.1. The first-order chi connectivity index (χ1) is 30.1. The number of likely N-dealkylation sites (tertiary alicyclic amines) is 1. The number of carbonyl (C=O) groups excluding carboxylic acids is 4. The van der Waals surface area contributed by atoms with Crippen LogP contribution in [0.1, 0.15) is 119 Å². The van der Waals surface area contributed by atoms with Gasteiger partial charge < -0.3 is 20.1 Å². The van der Waals surface area contributed by atoms with Gasteiger partial charge in [0.15, 0.2) is 11.9 Å². The molecular formula is C51H66N4O7S. The molecule has 63 heavy (non-hydrogen) atoms. The molecule has 1 aromatic heterocycles. The molecule has 0 aliphatic carbocycles. The monoisotopic (exact) mass is 878 g/mol. The van der Waals surface area contributed by atoms with Gasteiger partial charge in [0.25, 0.3) is 5.91 Å². The van der Waals surface area contributed by atoms with Gasteiger partial charge in [-0.1, -0.05) is 132 Å². The predicted molar refractivity (Wildman–Crippen MR) is 248 cm³/mol. The Bertz CT molecular complexity index is 2110. The largest absolute Gasteiger partial charge is 0.481 e. The van der Waals surface area contributed by atoms with Crippen LogP contribution in [-0.2, 0) is 36.9 Å². The van der Waals surface area contributed by atoms with Crippen LogP contribution in [0.2, 0.25) is 0 Å². The van der Waals surface area contributed by atoms with Gasteiger partial charge in [0, 0.05) is 49.7 Å². The number of rotatable bonds is 22. The molecule has 1 aliphatic heterocycles. The molecule has 5 rings (SSSR count). The number of nitrogens with zero attached hydrogens (tertiary/aromatic N) is 3. The fraction of sp³-hybridized carbons (Fsp3) is 0.490. The number of hydrogen-bond donors (Lipinski definition) is 2. The minimum atomic E-state index is -0.952. The summed E-state index contributed by atoms with van der Waals surface area (Å²) in [6, 6.07) is 26.7. The van der Waals surface area contributed by atoms with Gasteiger partial charge in [-0.2, -0.15) is 0 Å². The third kappa shape index (κ3) is 13.9. The average molecular weight is 879 g/mol. The van der Waals surface area contributed by atoms with Crippen LogP contribution in [0.3, 0.4) is 0 Å². The lowest BCUT2D eigenvalue weighted by atomic mass is 9.82. The summed E-state index contributed by atoms with van der Waals surface area (Å²) in [7, 11) is 1.99. The van der Waals surface area contributed by atoms with E-state index < -0.39 is 47.9 Å². The third-order valence-electron chi connectivity index (χ3n) is 12.6. The van der Waals surface area contributed by atoms with Gasteiger partial charge in [-0.05, 0) is 73.4 Å². The van der Waals surface area contributed by atoms with Gasteiger partial charge in [0.05, 0.1) is 12.0 Å². The molecule has 338 valence electrons. The summed E-state index contributed by atoms with van der Waals surface area (Å²) in [4.78, 5) is 76.4. The molecule has 2 amide bonds. The van der Waals surface area contributed by atoms with Gasteiger partial charge >= 0.3 is 11.9 Å². The molecule has 0 bridgehead atoms. The van der Waals surface area contributed by atoms with Crippen molar-refractivity contribution in [1.82, 2.24) is 20.1 Å². The number of piperidine rings is 1. The van der Waals surface area contributed by atoms with Gasteiger partial charge in [0.1, 0.15) is 10.7 Å². The molecule has 3 aromatic carbocycles. The van der Waals surface area contributed by atoms with Crippen molar-refractivity contribution in [1.29, 1.82) is 0 Å². The summed E-state index contributed by atoms with van der Waals surface area (Å²) in [5, 5.41) is 14.9. The maximum absolute atomic E-state index is 15.1. The Morgan fingerprint density at radius 2 is 1.54 bits per heavy atom. The van der Waals surface area contributed by atoms with Crippen LogP contribution in [0.5, 0.6) is 0 Å². The van der Waals surface area contributed by atoms with E-state index in [-0.39, 0.29) is 54.5 Å². The number of carboxylic acids is 1. The van der Waals surface area contributed by atoms with Crippen molar-refractivity contribution >= 4 is 40.9 Å². The van der Waals surface area contributed by atoms with E-state index in [0.717, 1.165) is 54.5 Å². The lowest BCUT2D eigenvalue weighted by Gasteiger charge is -2.40. The summed E-state index contributed by atoms with van der Waals surface area (Å²) in [5.74, 6) is -3.33. The molecule has 1 aliphatic rings. The van der Waals surface area contributed by atoms with Crippen molar-refractivity contribution in [2.45, 2.75) is 124 Å². The van der Waals surface area contributed by atoms with Crippen LogP contribution in [-0.4, -0.2) is 81.1 Å². The molecule has 2 heterocycles. The van der Waals surface area contributed by atoms with E-state index in [4.69, 9.17) is 9.72 Å². The van der Waals surface area contributed by atoms with Crippen molar-refractivity contribution in [3.8, 4) is 11.1 Å². The summed E-state index contributed by atoms with van der Waals surface area (Å²) in [5.41, 5.74) is 4.15. The van der Waals surface area contributed by atoms with Gasteiger partial charge in [-0.3, -0.25) is 28.9 Å². The molecule has 12 heteroatoms. The van der Waals surface area contributed by atoms with E-state index in [9.17, 15) is 24.3 Å². The van der Waals surface area contributed by atoms with E-state index in [2.05, 4.69) is 17.1 Å². The Morgan fingerprint density at radius 3 is 2.14 bits per heavy atom. The average Bonchev–Trinajstić information content (AvgIpc) is 3.77. The number of hydrogen-bond acceptors (Lipinski definition) is 9. The number of ether oxygens (including phenoxy) is 1. The van der Waals surface area contributed by atoms with Crippen LogP contribution >= 0.6 is 11.3 Å². The van der Waals surface area contributed by atoms with Crippen LogP contribution in [0.4, 0.5) is 0 Å². The second-order valence-electron chi connectivity index (χ2n) is 17.7. The Morgan fingerprint density at radius 1 is 0.889 bits per heavy atom. The van der Waals surface area contributed by atoms with Crippen LogP contribution in [0.15, 0.2) is 90.3 Å². The summed E-state index contributed by atoms with van der Waals surface area (Å²) in [6.07, 6.45) is 3.68. The highest BCUT2D eigenvalue weighted by atomic mass is 32.1. The minimum Gasteiger partial charge on any atom is -0.481 e. The van der Waals surface area contributed by atoms with Crippen molar-refractivity contribution in [3.05, 3.63) is 112 Å². The number of ketones is 1.